The van der Waals surface area contributed by atoms with E-state index in [1.54, 1.807) is 13.0 Å². The topological polar surface area (TPSA) is 111 Å². The molecule has 2 aromatic carbocycles. The van der Waals surface area contributed by atoms with Gasteiger partial charge in [-0.05, 0) is 24.6 Å². The van der Waals surface area contributed by atoms with E-state index in [0.29, 0.717) is 10.6 Å². The number of methoxy groups -OCH3 is 1. The van der Waals surface area contributed by atoms with Gasteiger partial charge in [0.1, 0.15) is 11.4 Å². The summed E-state index contributed by atoms with van der Waals surface area (Å²) >= 11 is 5.98. The molecule has 0 radical (unpaired) electrons. The van der Waals surface area contributed by atoms with Crippen LogP contribution in [0.2, 0.25) is 5.02 Å². The van der Waals surface area contributed by atoms with Crippen LogP contribution in [0.4, 0.5) is 17.1 Å². The number of hydrogen-bond acceptors (Lipinski definition) is 5. The van der Waals surface area contributed by atoms with Crippen molar-refractivity contribution in [2.75, 3.05) is 17.7 Å². The zero-order valence-electron chi connectivity index (χ0n) is 13.3. The van der Waals surface area contributed by atoms with E-state index in [2.05, 4.69) is 10.6 Å². The summed E-state index contributed by atoms with van der Waals surface area (Å²) in [7, 11) is 1.39. The lowest BCUT2D eigenvalue weighted by Gasteiger charge is -2.12. The van der Waals surface area contributed by atoms with Gasteiger partial charge in [0.25, 0.3) is 5.69 Å². The highest BCUT2D eigenvalue weighted by atomic mass is 35.5. The van der Waals surface area contributed by atoms with E-state index >= 15 is 0 Å². The zero-order chi connectivity index (χ0) is 18.6. The minimum absolute atomic E-state index is 0.0769. The number of ether oxygens (including phenoxy) is 1. The van der Waals surface area contributed by atoms with E-state index in [1.807, 2.05) is 0 Å². The number of nitrogens with zero attached hydrogens (tertiary/aromatic N) is 1. The molecule has 0 aromatic heterocycles. The van der Waals surface area contributed by atoms with Crippen LogP contribution in [0.15, 0.2) is 36.4 Å². The maximum atomic E-state index is 12.1. The molecule has 0 heterocycles. The summed E-state index contributed by atoms with van der Waals surface area (Å²) in [5.74, 6) is -1.77. The number of benzene rings is 2. The summed E-state index contributed by atoms with van der Waals surface area (Å²) in [6.07, 6.45) is 0. The fourth-order valence-electron chi connectivity index (χ4n) is 2.03. The Morgan fingerprint density at radius 2 is 1.72 bits per heavy atom. The highest BCUT2D eigenvalue weighted by Gasteiger charge is 2.21. The van der Waals surface area contributed by atoms with Gasteiger partial charge in [-0.25, -0.2) is 0 Å². The Morgan fingerprint density at radius 1 is 1.12 bits per heavy atom. The Hall–Kier alpha value is -3.13. The summed E-state index contributed by atoms with van der Waals surface area (Å²) in [5.41, 5.74) is 0.541. The summed E-state index contributed by atoms with van der Waals surface area (Å²) in [5, 5.41) is 16.0. The van der Waals surface area contributed by atoms with Gasteiger partial charge < -0.3 is 15.4 Å². The first-order valence-electron chi connectivity index (χ1n) is 7.03. The molecule has 0 aliphatic rings. The fraction of sp³-hybridized carbons (Fsp3) is 0.125. The molecular weight excluding hydrogens is 350 g/mol. The summed E-state index contributed by atoms with van der Waals surface area (Å²) in [6, 6.07) is 8.57. The molecule has 0 fully saturated rings. The molecule has 0 aliphatic heterocycles. The van der Waals surface area contributed by atoms with E-state index in [4.69, 9.17) is 16.3 Å². The van der Waals surface area contributed by atoms with Gasteiger partial charge in [0, 0.05) is 17.2 Å². The van der Waals surface area contributed by atoms with Gasteiger partial charge in [0.2, 0.25) is 0 Å². The number of para-hydroxylation sites is 2. The number of anilines is 2. The first kappa shape index (κ1) is 18.2. The van der Waals surface area contributed by atoms with Crippen LogP contribution in [-0.2, 0) is 9.59 Å². The second-order valence-electron chi connectivity index (χ2n) is 4.98. The predicted molar refractivity (Wildman–Crippen MR) is 93.1 cm³/mol. The molecule has 2 amide bonds. The maximum absolute atomic E-state index is 12.1. The molecule has 8 nitrogen and oxygen atoms in total. The van der Waals surface area contributed by atoms with Crippen molar-refractivity contribution in [3.8, 4) is 5.75 Å². The number of aryl methyl sites for hydroxylation is 1. The highest BCUT2D eigenvalue weighted by molar-refractivity contribution is 6.44. The van der Waals surface area contributed by atoms with Crippen molar-refractivity contribution in [3.63, 3.8) is 0 Å². The highest BCUT2D eigenvalue weighted by Crippen LogP contribution is 2.31. The predicted octanol–water partition coefficient (Wildman–Crippen LogP) is 3.14. The molecule has 2 aromatic rings. The Kier molecular flexibility index (Phi) is 5.56. The minimum Gasteiger partial charge on any atom is -0.495 e. The van der Waals surface area contributed by atoms with E-state index in [9.17, 15) is 19.7 Å². The summed E-state index contributed by atoms with van der Waals surface area (Å²) in [6.45, 7) is 1.73. The van der Waals surface area contributed by atoms with Crippen molar-refractivity contribution < 1.29 is 19.2 Å². The largest absolute Gasteiger partial charge is 0.495 e. The number of hydrogen-bond donors (Lipinski definition) is 2. The molecular formula is C16H14ClN3O5. The van der Waals surface area contributed by atoms with E-state index in [0.717, 1.165) is 0 Å². The van der Waals surface area contributed by atoms with Crippen LogP contribution >= 0.6 is 11.6 Å². The number of carbonyl (C=O) groups excluding carboxylic acids is 2. The van der Waals surface area contributed by atoms with Gasteiger partial charge in [-0.1, -0.05) is 23.7 Å². The third kappa shape index (κ3) is 4.24. The molecule has 25 heavy (non-hydrogen) atoms. The SMILES string of the molecule is COc1cc(Cl)c(C)cc1NC(=O)C(=O)Nc1ccccc1[N+](=O)[O-]. The lowest BCUT2D eigenvalue weighted by Crippen LogP contribution is -2.29. The van der Waals surface area contributed by atoms with Crippen LogP contribution < -0.4 is 15.4 Å². The van der Waals surface area contributed by atoms with Crippen molar-refractivity contribution >= 4 is 40.5 Å². The van der Waals surface area contributed by atoms with Gasteiger partial charge in [-0.3, -0.25) is 19.7 Å². The molecule has 9 heteroatoms. The Morgan fingerprint density at radius 3 is 2.32 bits per heavy atom. The molecule has 0 saturated heterocycles. The van der Waals surface area contributed by atoms with E-state index in [1.165, 1.54) is 37.4 Å². The van der Waals surface area contributed by atoms with Crippen LogP contribution in [0.5, 0.6) is 5.75 Å². The summed E-state index contributed by atoms with van der Waals surface area (Å²) in [4.78, 5) is 34.4. The van der Waals surface area contributed by atoms with Crippen molar-refractivity contribution in [2.24, 2.45) is 0 Å². The second-order valence-corrected chi connectivity index (χ2v) is 5.39. The van der Waals surface area contributed by atoms with Gasteiger partial charge in [0.05, 0.1) is 17.7 Å². The second kappa shape index (κ2) is 7.63. The first-order chi connectivity index (χ1) is 11.8. The minimum atomic E-state index is -1.05. The van der Waals surface area contributed by atoms with Gasteiger partial charge in [-0.2, -0.15) is 0 Å². The maximum Gasteiger partial charge on any atom is 0.314 e. The zero-order valence-corrected chi connectivity index (χ0v) is 14.1. The van der Waals surface area contributed by atoms with Crippen LogP contribution in [0, 0.1) is 17.0 Å². The molecule has 0 atom stereocenters. The van der Waals surface area contributed by atoms with E-state index in [-0.39, 0.29) is 22.8 Å². The molecule has 0 aliphatic carbocycles. The monoisotopic (exact) mass is 363 g/mol. The normalized spacial score (nSPS) is 10.0. The Balaban J connectivity index is 2.18. The van der Waals surface area contributed by atoms with Gasteiger partial charge in [0.15, 0.2) is 0 Å². The molecule has 130 valence electrons. The van der Waals surface area contributed by atoms with Gasteiger partial charge in [-0.15, -0.1) is 0 Å². The standard InChI is InChI=1S/C16H14ClN3O5/c1-9-7-12(14(25-2)8-10(9)17)19-16(22)15(21)18-11-5-3-4-6-13(11)20(23)24/h3-8H,1-2H3,(H,18,21)(H,19,22). The smallest absolute Gasteiger partial charge is 0.314 e. The average Bonchev–Trinajstić information content (AvgIpc) is 2.58. The lowest BCUT2D eigenvalue weighted by molar-refractivity contribution is -0.383. The van der Waals surface area contributed by atoms with Crippen LogP contribution in [-0.4, -0.2) is 23.8 Å². The van der Waals surface area contributed by atoms with Crippen LogP contribution in [0.25, 0.3) is 0 Å². The molecule has 0 saturated carbocycles. The van der Waals surface area contributed by atoms with E-state index < -0.39 is 16.7 Å². The van der Waals surface area contributed by atoms with Gasteiger partial charge >= 0.3 is 11.8 Å². The van der Waals surface area contributed by atoms with Crippen molar-refractivity contribution in [2.45, 2.75) is 6.92 Å². The third-order valence-corrected chi connectivity index (χ3v) is 3.69. The van der Waals surface area contributed by atoms with Crippen LogP contribution in [0.3, 0.4) is 0 Å². The molecule has 0 unspecified atom stereocenters. The number of nitro benzene ring substituents is 1. The third-order valence-electron chi connectivity index (χ3n) is 3.28. The molecule has 2 rings (SSSR count). The van der Waals surface area contributed by atoms with Crippen molar-refractivity contribution in [1.29, 1.82) is 0 Å². The number of nitro groups is 1. The van der Waals surface area contributed by atoms with Crippen molar-refractivity contribution in [1.82, 2.24) is 0 Å². The number of rotatable bonds is 4. The fourth-order valence-corrected chi connectivity index (χ4v) is 2.18. The molecule has 0 spiro atoms. The number of halogens is 1. The Labute approximate surface area is 147 Å². The molecule has 2 N–H and O–H groups in total. The lowest BCUT2D eigenvalue weighted by atomic mass is 10.2. The Bertz CT molecular complexity index is 854. The average molecular weight is 364 g/mol. The number of amides is 2. The summed E-state index contributed by atoms with van der Waals surface area (Å²) < 4.78 is 5.11. The number of carbonyl (C=O) groups is 2. The number of nitrogens with one attached hydrogen (secondary N) is 2. The van der Waals surface area contributed by atoms with Crippen molar-refractivity contribution in [3.05, 3.63) is 57.1 Å². The first-order valence-corrected chi connectivity index (χ1v) is 7.41. The molecule has 0 bridgehead atoms. The van der Waals surface area contributed by atoms with Crippen LogP contribution in [0.1, 0.15) is 5.56 Å². The quantitative estimate of drug-likeness (QED) is 0.492.